The molecule has 0 radical (unpaired) electrons. The van der Waals surface area contributed by atoms with Crippen LogP contribution >= 0.6 is 0 Å². The largest absolute Gasteiger partial charge is 0.346 e. The first kappa shape index (κ1) is 17.0. The Balaban J connectivity index is 0.000000510. The van der Waals surface area contributed by atoms with E-state index in [9.17, 15) is 4.79 Å². The summed E-state index contributed by atoms with van der Waals surface area (Å²) in [5.41, 5.74) is 3.65. The van der Waals surface area contributed by atoms with Crippen molar-refractivity contribution < 1.29 is 4.79 Å². The summed E-state index contributed by atoms with van der Waals surface area (Å²) in [5.74, 6) is 0.0915. The van der Waals surface area contributed by atoms with Crippen LogP contribution in [0.25, 0.3) is 5.70 Å². The Morgan fingerprint density at radius 1 is 1.14 bits per heavy atom. The molecule has 0 atom stereocenters. The summed E-state index contributed by atoms with van der Waals surface area (Å²) < 4.78 is 0. The smallest absolute Gasteiger partial charge is 0.251 e. The number of likely N-dealkylation sites (tertiary alicyclic amines) is 1. The van der Waals surface area contributed by atoms with Gasteiger partial charge in [0.2, 0.25) is 0 Å². The van der Waals surface area contributed by atoms with E-state index in [0.29, 0.717) is 0 Å². The van der Waals surface area contributed by atoms with Crippen LogP contribution in [0, 0.1) is 0 Å². The maximum atomic E-state index is 12.0. The third kappa shape index (κ3) is 3.51. The van der Waals surface area contributed by atoms with E-state index in [1.165, 1.54) is 0 Å². The van der Waals surface area contributed by atoms with Crippen molar-refractivity contribution in [2.24, 2.45) is 4.99 Å². The minimum atomic E-state index is 0.0915. The number of likely N-dealkylation sites (N-methyl/N-ethyl adjacent to an activating group) is 1. The fourth-order valence-electron chi connectivity index (χ4n) is 2.23. The van der Waals surface area contributed by atoms with Crippen LogP contribution in [-0.4, -0.2) is 30.7 Å². The summed E-state index contributed by atoms with van der Waals surface area (Å²) in [5, 5.41) is 3.09. The molecule has 21 heavy (non-hydrogen) atoms. The minimum absolute atomic E-state index is 0.0915. The van der Waals surface area contributed by atoms with Gasteiger partial charge in [-0.1, -0.05) is 45.9 Å². The highest BCUT2D eigenvalue weighted by Crippen LogP contribution is 2.33. The number of amides is 1. The lowest BCUT2D eigenvalue weighted by Crippen LogP contribution is -2.19. The fraction of sp³-hybridized carbons (Fsp3) is 0.412. The Bertz CT molecular complexity index is 547. The van der Waals surface area contributed by atoms with E-state index in [1.807, 2.05) is 59.0 Å². The molecule has 2 heterocycles. The van der Waals surface area contributed by atoms with Crippen molar-refractivity contribution in [2.45, 2.75) is 34.1 Å². The van der Waals surface area contributed by atoms with E-state index < -0.39 is 0 Å². The molecule has 0 aliphatic carbocycles. The van der Waals surface area contributed by atoms with Crippen molar-refractivity contribution in [1.29, 1.82) is 0 Å². The van der Waals surface area contributed by atoms with Crippen molar-refractivity contribution in [1.82, 2.24) is 4.90 Å². The normalized spacial score (nSPS) is 18.9. The van der Waals surface area contributed by atoms with E-state index in [0.717, 1.165) is 35.5 Å². The number of hydrogen-bond acceptors (Lipinski definition) is 3. The predicted octanol–water partition coefficient (Wildman–Crippen LogP) is 3.77. The van der Waals surface area contributed by atoms with Crippen molar-refractivity contribution in [3.8, 4) is 0 Å². The second kappa shape index (κ2) is 8.25. The molecule has 2 aliphatic heterocycles. The molecule has 1 saturated heterocycles. The quantitative estimate of drug-likeness (QED) is 0.738. The number of benzene rings is 1. The average Bonchev–Trinajstić information content (AvgIpc) is 2.90. The summed E-state index contributed by atoms with van der Waals surface area (Å²) in [4.78, 5) is 18.1. The monoisotopic (exact) mass is 287 g/mol. The highest BCUT2D eigenvalue weighted by Gasteiger charge is 2.27. The molecule has 1 fully saturated rings. The van der Waals surface area contributed by atoms with E-state index in [1.54, 1.807) is 11.2 Å². The van der Waals surface area contributed by atoms with Crippen LogP contribution in [0.5, 0.6) is 0 Å². The first-order valence-electron chi connectivity index (χ1n) is 7.64. The molecule has 2 aliphatic rings. The van der Waals surface area contributed by atoms with Gasteiger partial charge in [-0.05, 0) is 12.5 Å². The molecular formula is C17H25N3O. The number of fused-ring (bicyclic) bond motifs is 1. The lowest BCUT2D eigenvalue weighted by Gasteiger charge is -2.16. The van der Waals surface area contributed by atoms with Gasteiger partial charge in [-0.25, -0.2) is 4.99 Å². The first-order chi connectivity index (χ1) is 10.3. The summed E-state index contributed by atoms with van der Waals surface area (Å²) in [6.07, 6.45) is 2.42. The molecule has 0 saturated carbocycles. The Kier molecular flexibility index (Phi) is 6.66. The molecule has 114 valence electrons. The van der Waals surface area contributed by atoms with Gasteiger partial charge in [0.15, 0.2) is 0 Å². The number of para-hydroxylation sites is 1. The van der Waals surface area contributed by atoms with Crippen LogP contribution in [0.4, 0.5) is 5.69 Å². The fourth-order valence-corrected chi connectivity index (χ4v) is 2.23. The van der Waals surface area contributed by atoms with Crippen molar-refractivity contribution in [2.75, 3.05) is 18.9 Å². The Morgan fingerprint density at radius 2 is 1.81 bits per heavy atom. The van der Waals surface area contributed by atoms with Gasteiger partial charge in [-0.15, -0.1) is 0 Å². The number of aliphatic imine (C=N–C) groups is 1. The summed E-state index contributed by atoms with van der Waals surface area (Å²) in [6.45, 7) is 8.78. The van der Waals surface area contributed by atoms with Gasteiger partial charge in [0, 0.05) is 30.4 Å². The summed E-state index contributed by atoms with van der Waals surface area (Å²) in [6, 6.07) is 7.91. The summed E-state index contributed by atoms with van der Waals surface area (Å²) in [7, 11) is 1.83. The summed E-state index contributed by atoms with van der Waals surface area (Å²) >= 11 is 0. The third-order valence-corrected chi connectivity index (χ3v) is 3.18. The van der Waals surface area contributed by atoms with Crippen molar-refractivity contribution >= 4 is 23.6 Å². The van der Waals surface area contributed by atoms with Gasteiger partial charge >= 0.3 is 0 Å². The van der Waals surface area contributed by atoms with Gasteiger partial charge in [-0.2, -0.15) is 0 Å². The zero-order valence-corrected chi connectivity index (χ0v) is 13.6. The molecule has 0 unspecified atom stereocenters. The Labute approximate surface area is 127 Å². The molecular weight excluding hydrogens is 262 g/mol. The number of rotatable bonds is 0. The predicted molar refractivity (Wildman–Crippen MR) is 90.4 cm³/mol. The second-order valence-electron chi connectivity index (χ2n) is 4.25. The van der Waals surface area contributed by atoms with Gasteiger partial charge < -0.3 is 10.2 Å². The van der Waals surface area contributed by atoms with E-state index in [4.69, 9.17) is 0 Å². The lowest BCUT2D eigenvalue weighted by molar-refractivity contribution is -0.123. The minimum Gasteiger partial charge on any atom is -0.346 e. The number of hydrogen-bond donors (Lipinski definition) is 1. The number of carbonyl (C=O) groups excluding carboxylic acids is 1. The highest BCUT2D eigenvalue weighted by atomic mass is 16.2. The zero-order chi connectivity index (χ0) is 15.8. The molecule has 1 aromatic carbocycles. The molecule has 0 bridgehead atoms. The van der Waals surface area contributed by atoms with Crippen LogP contribution in [0.15, 0.2) is 34.8 Å². The van der Waals surface area contributed by atoms with Gasteiger partial charge in [0.05, 0.1) is 12.0 Å². The lowest BCUT2D eigenvalue weighted by atomic mass is 10.0. The maximum Gasteiger partial charge on any atom is 0.251 e. The van der Waals surface area contributed by atoms with Crippen LogP contribution < -0.4 is 5.32 Å². The SMILES string of the molecule is CC.CC.CN1CCC(=C2N=CNc3ccccc32)C1=O. The molecule has 3 rings (SSSR count). The number of nitrogens with zero attached hydrogens (tertiary/aromatic N) is 2. The molecule has 1 amide bonds. The molecule has 0 aromatic heterocycles. The standard InChI is InChI=1S/C13H13N3O.2C2H6/c1-16-7-6-10(13(16)17)12-9-4-2-3-5-11(9)14-8-15-12;2*1-2/h2-5,8H,6-7H2,1H3,(H,14,15);2*1-2H3. The van der Waals surface area contributed by atoms with Crippen molar-refractivity contribution in [3.05, 3.63) is 35.4 Å². The van der Waals surface area contributed by atoms with Crippen LogP contribution in [0.3, 0.4) is 0 Å². The average molecular weight is 287 g/mol. The van der Waals surface area contributed by atoms with E-state index in [2.05, 4.69) is 10.3 Å². The van der Waals surface area contributed by atoms with Gasteiger partial charge in [0.1, 0.15) is 0 Å². The van der Waals surface area contributed by atoms with Gasteiger partial charge in [-0.3, -0.25) is 4.79 Å². The van der Waals surface area contributed by atoms with Crippen molar-refractivity contribution in [3.63, 3.8) is 0 Å². The van der Waals surface area contributed by atoms with E-state index in [-0.39, 0.29) is 5.91 Å². The molecule has 4 nitrogen and oxygen atoms in total. The molecule has 1 aromatic rings. The second-order valence-corrected chi connectivity index (χ2v) is 4.25. The highest BCUT2D eigenvalue weighted by molar-refractivity contribution is 6.06. The van der Waals surface area contributed by atoms with Crippen LogP contribution in [-0.2, 0) is 4.79 Å². The number of anilines is 1. The third-order valence-electron chi connectivity index (χ3n) is 3.18. The Morgan fingerprint density at radius 3 is 2.43 bits per heavy atom. The van der Waals surface area contributed by atoms with E-state index >= 15 is 0 Å². The zero-order valence-electron chi connectivity index (χ0n) is 13.6. The number of carbonyl (C=O) groups is 1. The molecule has 4 heteroatoms. The topological polar surface area (TPSA) is 44.7 Å². The Hall–Kier alpha value is -2.10. The van der Waals surface area contributed by atoms with Crippen LogP contribution in [0.1, 0.15) is 39.7 Å². The molecule has 0 spiro atoms. The molecule has 1 N–H and O–H groups in total. The maximum absolute atomic E-state index is 12.0. The first-order valence-corrected chi connectivity index (χ1v) is 7.64. The number of nitrogens with one attached hydrogen (secondary N) is 1. The van der Waals surface area contributed by atoms with Crippen LogP contribution in [0.2, 0.25) is 0 Å². The van der Waals surface area contributed by atoms with Gasteiger partial charge in [0.25, 0.3) is 5.91 Å².